The van der Waals surface area contributed by atoms with E-state index in [0.29, 0.717) is 11.5 Å². The summed E-state index contributed by atoms with van der Waals surface area (Å²) in [6.45, 7) is 0.123. The van der Waals surface area contributed by atoms with Crippen molar-refractivity contribution in [3.63, 3.8) is 0 Å². The zero-order chi connectivity index (χ0) is 9.26. The second kappa shape index (κ2) is 3.54. The monoisotopic (exact) mass is 246 g/mol. The molecule has 2 nitrogen and oxygen atoms in total. The van der Waals surface area contributed by atoms with Gasteiger partial charge in [-0.3, -0.25) is 0 Å². The van der Waals surface area contributed by atoms with Crippen LogP contribution in [0.1, 0.15) is 0 Å². The summed E-state index contributed by atoms with van der Waals surface area (Å²) < 4.78 is 24.1. The van der Waals surface area contributed by atoms with Gasteiger partial charge < -0.3 is 9.47 Å². The van der Waals surface area contributed by atoms with Crippen LogP contribution in [0.25, 0.3) is 0 Å². The molecule has 0 N–H and O–H groups in total. The molecule has 0 saturated carbocycles. The molecule has 0 radical (unpaired) electrons. The Hall–Kier alpha value is -0.770. The Morgan fingerprint density at radius 2 is 1.92 bits per heavy atom. The van der Waals surface area contributed by atoms with Gasteiger partial charge in [0.1, 0.15) is 13.2 Å². The largest absolute Gasteiger partial charge is 0.487 e. The highest BCUT2D eigenvalue weighted by atomic mass is 79.9. The number of halogens is 2. The summed E-state index contributed by atoms with van der Waals surface area (Å²) in [6, 6.07) is 5.37. The average molecular weight is 247 g/mol. The minimum atomic E-state index is -1.05. The summed E-state index contributed by atoms with van der Waals surface area (Å²) in [6.07, 6.45) is -1.05. The Labute approximate surface area is 83.8 Å². The molecular weight excluding hydrogens is 239 g/mol. The van der Waals surface area contributed by atoms with Crippen LogP contribution in [-0.4, -0.2) is 19.4 Å². The zero-order valence-corrected chi connectivity index (χ0v) is 8.38. The molecule has 1 aliphatic rings. The normalized spacial score (nSPS) is 20.9. The van der Waals surface area contributed by atoms with Crippen LogP contribution in [0.3, 0.4) is 0 Å². The van der Waals surface area contributed by atoms with Crippen molar-refractivity contribution in [2.45, 2.75) is 6.17 Å². The lowest BCUT2D eigenvalue weighted by Gasteiger charge is -2.05. The van der Waals surface area contributed by atoms with Gasteiger partial charge in [-0.15, -0.1) is 0 Å². The fourth-order valence-electron chi connectivity index (χ4n) is 1.12. The fourth-order valence-corrected chi connectivity index (χ4v) is 1.46. The summed E-state index contributed by atoms with van der Waals surface area (Å²) in [5.74, 6) is 1.19. The van der Waals surface area contributed by atoms with Gasteiger partial charge >= 0.3 is 0 Å². The van der Waals surface area contributed by atoms with E-state index in [4.69, 9.17) is 9.47 Å². The molecule has 1 atom stereocenters. The van der Waals surface area contributed by atoms with Crippen LogP contribution < -0.4 is 9.47 Å². The van der Waals surface area contributed by atoms with E-state index in [2.05, 4.69) is 15.9 Å². The summed E-state index contributed by atoms with van der Waals surface area (Å²) in [7, 11) is 0. The van der Waals surface area contributed by atoms with Gasteiger partial charge in [0.25, 0.3) is 0 Å². The van der Waals surface area contributed by atoms with Crippen LogP contribution >= 0.6 is 15.9 Å². The average Bonchev–Trinajstić information content (AvgIpc) is 2.29. The van der Waals surface area contributed by atoms with Gasteiger partial charge in [0.15, 0.2) is 17.7 Å². The Bertz CT molecular complexity index is 316. The summed E-state index contributed by atoms with van der Waals surface area (Å²) in [5, 5.41) is 0. The van der Waals surface area contributed by atoms with E-state index in [9.17, 15) is 4.39 Å². The topological polar surface area (TPSA) is 18.5 Å². The minimum Gasteiger partial charge on any atom is -0.487 e. The molecule has 1 aromatic rings. The smallest absolute Gasteiger partial charge is 0.168 e. The summed E-state index contributed by atoms with van der Waals surface area (Å²) >= 11 is 3.30. The Morgan fingerprint density at radius 1 is 1.23 bits per heavy atom. The van der Waals surface area contributed by atoms with Crippen molar-refractivity contribution in [1.29, 1.82) is 0 Å². The molecule has 1 aliphatic heterocycles. The Morgan fingerprint density at radius 3 is 2.69 bits per heavy atom. The highest BCUT2D eigenvalue weighted by Gasteiger charge is 2.16. The first-order chi connectivity index (χ1) is 6.25. The first-order valence-electron chi connectivity index (χ1n) is 3.95. The zero-order valence-electron chi connectivity index (χ0n) is 6.80. The predicted molar refractivity (Wildman–Crippen MR) is 50.0 cm³/mol. The molecule has 0 fully saturated rings. The SMILES string of the molecule is F[C@@H]1COc2ccc(Br)cc2OC1. The van der Waals surface area contributed by atoms with Crippen molar-refractivity contribution >= 4 is 15.9 Å². The number of rotatable bonds is 0. The standard InChI is InChI=1S/C9H8BrFO2/c10-6-1-2-8-9(3-6)13-5-7(11)4-12-8/h1-3,7H,4-5H2/t7-/m1/s1. The first-order valence-corrected chi connectivity index (χ1v) is 4.74. The van der Waals surface area contributed by atoms with Gasteiger partial charge in [-0.25, -0.2) is 4.39 Å². The van der Waals surface area contributed by atoms with Crippen LogP contribution in [0, 0.1) is 0 Å². The molecule has 1 aromatic carbocycles. The second-order valence-corrected chi connectivity index (χ2v) is 3.73. The summed E-state index contributed by atoms with van der Waals surface area (Å²) in [4.78, 5) is 0. The number of alkyl halides is 1. The third kappa shape index (κ3) is 1.94. The highest BCUT2D eigenvalue weighted by Crippen LogP contribution is 2.32. The molecule has 0 unspecified atom stereocenters. The van der Waals surface area contributed by atoms with Crippen LogP contribution in [0.15, 0.2) is 22.7 Å². The molecule has 0 aromatic heterocycles. The van der Waals surface area contributed by atoms with Gasteiger partial charge in [0.05, 0.1) is 0 Å². The predicted octanol–water partition coefficient (Wildman–Crippen LogP) is 2.56. The molecule has 0 aliphatic carbocycles. The molecule has 0 spiro atoms. The highest BCUT2D eigenvalue weighted by molar-refractivity contribution is 9.10. The quantitative estimate of drug-likeness (QED) is 0.701. The summed E-state index contributed by atoms with van der Waals surface area (Å²) in [5.41, 5.74) is 0. The molecule has 0 saturated heterocycles. The van der Waals surface area contributed by atoms with E-state index < -0.39 is 6.17 Å². The maximum absolute atomic E-state index is 12.8. The van der Waals surface area contributed by atoms with E-state index >= 15 is 0 Å². The number of hydrogen-bond donors (Lipinski definition) is 0. The van der Waals surface area contributed by atoms with E-state index in [1.165, 1.54) is 0 Å². The van der Waals surface area contributed by atoms with Gasteiger partial charge in [0, 0.05) is 4.47 Å². The molecule has 1 heterocycles. The van der Waals surface area contributed by atoms with Crippen molar-refractivity contribution in [2.75, 3.05) is 13.2 Å². The number of benzene rings is 1. The maximum Gasteiger partial charge on any atom is 0.168 e. The van der Waals surface area contributed by atoms with Crippen molar-refractivity contribution in [1.82, 2.24) is 0 Å². The molecule has 70 valence electrons. The van der Waals surface area contributed by atoms with Crippen LogP contribution in [0.5, 0.6) is 11.5 Å². The molecule has 4 heteroatoms. The van der Waals surface area contributed by atoms with Crippen molar-refractivity contribution in [3.05, 3.63) is 22.7 Å². The third-order valence-electron chi connectivity index (χ3n) is 1.75. The van der Waals surface area contributed by atoms with Crippen LogP contribution in [0.4, 0.5) is 4.39 Å². The second-order valence-electron chi connectivity index (χ2n) is 2.81. The molecule has 0 amide bonds. The molecule has 0 bridgehead atoms. The van der Waals surface area contributed by atoms with Crippen LogP contribution in [0.2, 0.25) is 0 Å². The molecular formula is C9H8BrFO2. The van der Waals surface area contributed by atoms with E-state index in [-0.39, 0.29) is 13.2 Å². The number of fused-ring (bicyclic) bond motifs is 1. The van der Waals surface area contributed by atoms with Gasteiger partial charge in [-0.1, -0.05) is 15.9 Å². The maximum atomic E-state index is 12.8. The fraction of sp³-hybridized carbons (Fsp3) is 0.333. The van der Waals surface area contributed by atoms with Gasteiger partial charge in [-0.2, -0.15) is 0 Å². The van der Waals surface area contributed by atoms with E-state index in [1.54, 1.807) is 12.1 Å². The van der Waals surface area contributed by atoms with Gasteiger partial charge in [0.2, 0.25) is 0 Å². The lowest BCUT2D eigenvalue weighted by molar-refractivity contribution is 0.162. The van der Waals surface area contributed by atoms with E-state index in [1.807, 2.05) is 6.07 Å². The lowest BCUT2D eigenvalue weighted by Crippen LogP contribution is -2.17. The van der Waals surface area contributed by atoms with Crippen molar-refractivity contribution < 1.29 is 13.9 Å². The number of ether oxygens (including phenoxy) is 2. The first kappa shape index (κ1) is 8.81. The van der Waals surface area contributed by atoms with Crippen molar-refractivity contribution in [2.24, 2.45) is 0 Å². The van der Waals surface area contributed by atoms with Crippen LogP contribution in [-0.2, 0) is 0 Å². The Balaban J connectivity index is 2.30. The van der Waals surface area contributed by atoms with Gasteiger partial charge in [-0.05, 0) is 18.2 Å². The molecule has 2 rings (SSSR count). The number of hydrogen-bond acceptors (Lipinski definition) is 2. The molecule has 13 heavy (non-hydrogen) atoms. The van der Waals surface area contributed by atoms with Crippen molar-refractivity contribution in [3.8, 4) is 11.5 Å². The minimum absolute atomic E-state index is 0.0590. The Kier molecular flexibility index (Phi) is 2.40. The van der Waals surface area contributed by atoms with E-state index in [0.717, 1.165) is 4.47 Å². The lowest BCUT2D eigenvalue weighted by atomic mass is 10.3. The third-order valence-corrected chi connectivity index (χ3v) is 2.24.